The van der Waals surface area contributed by atoms with Crippen LogP contribution in [0.5, 0.6) is 0 Å². The highest BCUT2D eigenvalue weighted by Gasteiger charge is 2.28. The average molecular weight is 492 g/mol. The van der Waals surface area contributed by atoms with E-state index in [0.717, 1.165) is 35.4 Å². The second kappa shape index (κ2) is 10.4. The third-order valence-electron chi connectivity index (χ3n) is 4.52. The zero-order valence-electron chi connectivity index (χ0n) is 18.3. The molecule has 1 aromatic heterocycles. The zero-order valence-corrected chi connectivity index (χ0v) is 20.7. The Balaban J connectivity index is 1.72. The Hall–Kier alpha value is -2.47. The Morgan fingerprint density at radius 2 is 1.81 bits per heavy atom. The van der Waals surface area contributed by atoms with E-state index < -0.39 is 16.1 Å². The Kier molecular flexibility index (Phi) is 7.88. The summed E-state index contributed by atoms with van der Waals surface area (Å²) in [5.41, 5.74) is 3.28. The smallest absolute Gasteiger partial charge is 0.299 e. The molecule has 8 nitrogen and oxygen atoms in total. The number of rotatable bonds is 9. The van der Waals surface area contributed by atoms with Crippen LogP contribution in [0.15, 0.2) is 52.9 Å². The van der Waals surface area contributed by atoms with Crippen molar-refractivity contribution in [3.8, 4) is 0 Å². The summed E-state index contributed by atoms with van der Waals surface area (Å²) < 4.78 is 28.8. The summed E-state index contributed by atoms with van der Waals surface area (Å²) in [5.74, 6) is 0.248. The van der Waals surface area contributed by atoms with Crippen LogP contribution in [0.4, 0.5) is 10.8 Å². The lowest BCUT2D eigenvalue weighted by Gasteiger charge is -2.28. The number of nitrogens with one attached hydrogen (secondary N) is 1. The Bertz CT molecular complexity index is 1180. The molecule has 0 radical (unpaired) electrons. The molecule has 0 fully saturated rings. The van der Waals surface area contributed by atoms with Gasteiger partial charge in [0.25, 0.3) is 0 Å². The molecular weight excluding hydrogens is 466 g/mol. The molecule has 32 heavy (non-hydrogen) atoms. The highest BCUT2D eigenvalue weighted by Crippen LogP contribution is 2.29. The molecule has 0 bridgehead atoms. The molecular formula is C21H25N5O3S3. The number of carbonyl (C=O) groups excluding carboxylic acids is 1. The molecule has 11 heteroatoms. The summed E-state index contributed by atoms with van der Waals surface area (Å²) in [5, 5.41) is 11.1. The summed E-state index contributed by atoms with van der Waals surface area (Å²) in [7, 11) is -1.01. The second-order valence-corrected chi connectivity index (χ2v) is 11.5. The first-order chi connectivity index (χ1) is 15.2. The molecule has 0 aliphatic rings. The zero-order chi connectivity index (χ0) is 23.3. The highest BCUT2D eigenvalue weighted by molar-refractivity contribution is 8.00. The van der Waals surface area contributed by atoms with Crippen molar-refractivity contribution >= 4 is 50.0 Å². The van der Waals surface area contributed by atoms with Gasteiger partial charge in [-0.2, -0.15) is 12.7 Å². The maximum absolute atomic E-state index is 12.9. The molecule has 0 saturated carbocycles. The van der Waals surface area contributed by atoms with Gasteiger partial charge in [0.05, 0.1) is 5.69 Å². The molecule has 0 unspecified atom stereocenters. The van der Waals surface area contributed by atoms with Crippen LogP contribution in [0.25, 0.3) is 0 Å². The summed E-state index contributed by atoms with van der Waals surface area (Å²) in [4.78, 5) is 12.7. The minimum Gasteiger partial charge on any atom is -0.299 e. The predicted octanol–water partition coefficient (Wildman–Crippen LogP) is 3.70. The maximum Gasteiger partial charge on any atom is 0.304 e. The number of hydrogen-bond donors (Lipinski definition) is 1. The van der Waals surface area contributed by atoms with Crippen LogP contribution >= 0.6 is 23.1 Å². The molecule has 0 aliphatic carbocycles. The van der Waals surface area contributed by atoms with Gasteiger partial charge in [0.1, 0.15) is 6.54 Å². The SMILES string of the molecule is Cc1ccc(C)c(N(CC(=O)Nc2nnc(SCc3ccccc3)s2)S(=O)(=O)N(C)C)c1. The summed E-state index contributed by atoms with van der Waals surface area (Å²) in [6.07, 6.45) is 0. The Morgan fingerprint density at radius 3 is 2.50 bits per heavy atom. The normalized spacial score (nSPS) is 11.5. The van der Waals surface area contributed by atoms with Gasteiger partial charge in [-0.1, -0.05) is 65.6 Å². The van der Waals surface area contributed by atoms with Crippen LogP contribution in [-0.4, -0.2) is 49.5 Å². The van der Waals surface area contributed by atoms with E-state index >= 15 is 0 Å². The molecule has 170 valence electrons. The number of anilines is 2. The molecule has 0 spiro atoms. The molecule has 0 saturated heterocycles. The summed E-state index contributed by atoms with van der Waals surface area (Å²) in [6.45, 7) is 3.31. The lowest BCUT2D eigenvalue weighted by Crippen LogP contribution is -2.44. The number of hydrogen-bond acceptors (Lipinski definition) is 7. The Morgan fingerprint density at radius 1 is 1.09 bits per heavy atom. The van der Waals surface area contributed by atoms with Crippen LogP contribution in [0.1, 0.15) is 16.7 Å². The van der Waals surface area contributed by atoms with Crippen molar-refractivity contribution in [1.29, 1.82) is 0 Å². The number of aromatic nitrogens is 2. The van der Waals surface area contributed by atoms with E-state index in [0.29, 0.717) is 10.8 Å². The second-order valence-electron chi connectivity index (χ2n) is 7.28. The van der Waals surface area contributed by atoms with Gasteiger partial charge in [-0.3, -0.25) is 10.1 Å². The van der Waals surface area contributed by atoms with Crippen molar-refractivity contribution in [3.63, 3.8) is 0 Å². The van der Waals surface area contributed by atoms with Crippen molar-refractivity contribution in [2.24, 2.45) is 0 Å². The van der Waals surface area contributed by atoms with Gasteiger partial charge < -0.3 is 0 Å². The standard InChI is InChI=1S/C21H25N5O3S3/c1-15-10-11-16(2)18(12-15)26(32(28,29)25(3)4)13-19(27)22-20-23-24-21(31-20)30-14-17-8-6-5-7-9-17/h5-12H,13-14H2,1-4H3,(H,22,23,27). The van der Waals surface area contributed by atoms with Crippen LogP contribution in [0.2, 0.25) is 0 Å². The van der Waals surface area contributed by atoms with Crippen LogP contribution in [0.3, 0.4) is 0 Å². The summed E-state index contributed by atoms with van der Waals surface area (Å²) >= 11 is 2.78. The first-order valence-corrected chi connectivity index (χ1v) is 12.9. The average Bonchev–Trinajstić information content (AvgIpc) is 3.20. The maximum atomic E-state index is 12.9. The van der Waals surface area contributed by atoms with Crippen molar-refractivity contribution < 1.29 is 13.2 Å². The van der Waals surface area contributed by atoms with Gasteiger partial charge in [-0.25, -0.2) is 4.31 Å². The first kappa shape index (κ1) is 24.2. The molecule has 1 heterocycles. The fourth-order valence-electron chi connectivity index (χ4n) is 2.80. The van der Waals surface area contributed by atoms with E-state index in [1.54, 1.807) is 6.07 Å². The number of aryl methyl sites for hydroxylation is 2. The van der Waals surface area contributed by atoms with E-state index in [9.17, 15) is 13.2 Å². The predicted molar refractivity (Wildman–Crippen MR) is 130 cm³/mol. The first-order valence-electron chi connectivity index (χ1n) is 9.74. The number of amides is 1. The van der Waals surface area contributed by atoms with E-state index in [1.807, 2.05) is 56.3 Å². The van der Waals surface area contributed by atoms with Gasteiger partial charge in [-0.15, -0.1) is 10.2 Å². The largest absolute Gasteiger partial charge is 0.304 e. The number of thioether (sulfide) groups is 1. The molecule has 2 aromatic carbocycles. The quantitative estimate of drug-likeness (QED) is 0.362. The van der Waals surface area contributed by atoms with Gasteiger partial charge in [0, 0.05) is 19.8 Å². The van der Waals surface area contributed by atoms with Crippen molar-refractivity contribution in [1.82, 2.24) is 14.5 Å². The highest BCUT2D eigenvalue weighted by atomic mass is 32.2. The fraction of sp³-hybridized carbons (Fsp3) is 0.286. The van der Waals surface area contributed by atoms with E-state index in [-0.39, 0.29) is 6.54 Å². The van der Waals surface area contributed by atoms with Gasteiger partial charge in [-0.05, 0) is 36.6 Å². The van der Waals surface area contributed by atoms with Crippen molar-refractivity contribution in [2.45, 2.75) is 23.9 Å². The van der Waals surface area contributed by atoms with Crippen molar-refractivity contribution in [2.75, 3.05) is 30.3 Å². The minimum absolute atomic E-state index is 0.328. The topological polar surface area (TPSA) is 95.5 Å². The molecule has 1 amide bonds. The third-order valence-corrected chi connectivity index (χ3v) is 8.37. The van der Waals surface area contributed by atoms with Crippen molar-refractivity contribution in [3.05, 3.63) is 65.2 Å². The molecule has 3 aromatic rings. The van der Waals surface area contributed by atoms with Crippen LogP contribution in [0, 0.1) is 13.8 Å². The number of benzene rings is 2. The van der Waals surface area contributed by atoms with Crippen LogP contribution < -0.4 is 9.62 Å². The molecule has 0 aliphatic heterocycles. The fourth-order valence-corrected chi connectivity index (χ4v) is 5.65. The molecule has 1 N–H and O–H groups in total. The van der Waals surface area contributed by atoms with Gasteiger partial charge >= 0.3 is 10.2 Å². The van der Waals surface area contributed by atoms with Gasteiger partial charge in [0.15, 0.2) is 4.34 Å². The lowest BCUT2D eigenvalue weighted by atomic mass is 10.1. The number of nitrogens with zero attached hydrogens (tertiary/aromatic N) is 4. The van der Waals surface area contributed by atoms with E-state index in [2.05, 4.69) is 15.5 Å². The Labute approximate surface area is 196 Å². The molecule has 3 rings (SSSR count). The third kappa shape index (κ3) is 6.06. The van der Waals surface area contributed by atoms with Crippen LogP contribution in [-0.2, 0) is 20.8 Å². The van der Waals surface area contributed by atoms with E-state index in [1.165, 1.54) is 37.2 Å². The van der Waals surface area contributed by atoms with E-state index in [4.69, 9.17) is 0 Å². The number of carbonyl (C=O) groups is 1. The van der Waals surface area contributed by atoms with Gasteiger partial charge in [0.2, 0.25) is 11.0 Å². The lowest BCUT2D eigenvalue weighted by molar-refractivity contribution is -0.114. The monoisotopic (exact) mass is 491 g/mol. The summed E-state index contributed by atoms with van der Waals surface area (Å²) in [6, 6.07) is 15.5. The minimum atomic E-state index is -3.88. The molecule has 0 atom stereocenters.